The lowest BCUT2D eigenvalue weighted by Crippen LogP contribution is -2.33. The zero-order valence-corrected chi connectivity index (χ0v) is 9.24. The highest BCUT2D eigenvalue weighted by molar-refractivity contribution is 5.73. The van der Waals surface area contributed by atoms with Gasteiger partial charge in [-0.3, -0.25) is 0 Å². The highest BCUT2D eigenvalue weighted by Crippen LogP contribution is 2.20. The van der Waals surface area contributed by atoms with Crippen LogP contribution in [0.2, 0.25) is 0 Å². The van der Waals surface area contributed by atoms with Crippen molar-refractivity contribution in [2.24, 2.45) is 5.41 Å². The second-order valence-electron chi connectivity index (χ2n) is 4.52. The van der Waals surface area contributed by atoms with Gasteiger partial charge in [-0.05, 0) is 18.3 Å². The number of urea groups is 1. The molecule has 2 N–H and O–H groups in total. The second-order valence-corrected chi connectivity index (χ2v) is 4.52. The molecule has 0 saturated heterocycles. The Hall–Kier alpha value is -0.730. The van der Waals surface area contributed by atoms with Crippen molar-refractivity contribution in [2.75, 3.05) is 13.6 Å². The van der Waals surface area contributed by atoms with Crippen LogP contribution >= 0.6 is 0 Å². The van der Waals surface area contributed by atoms with Crippen molar-refractivity contribution in [1.29, 1.82) is 0 Å². The van der Waals surface area contributed by atoms with E-state index in [0.717, 1.165) is 13.0 Å². The number of nitrogens with one attached hydrogen (secondary N) is 2. The van der Waals surface area contributed by atoms with Crippen LogP contribution < -0.4 is 10.6 Å². The summed E-state index contributed by atoms with van der Waals surface area (Å²) in [7, 11) is 1.63. The smallest absolute Gasteiger partial charge is 0.314 e. The van der Waals surface area contributed by atoms with E-state index in [0.29, 0.717) is 5.41 Å². The van der Waals surface area contributed by atoms with Gasteiger partial charge in [0, 0.05) is 13.6 Å². The van der Waals surface area contributed by atoms with Crippen LogP contribution in [0.15, 0.2) is 0 Å². The fourth-order valence-electron chi connectivity index (χ4n) is 1.07. The van der Waals surface area contributed by atoms with E-state index in [-0.39, 0.29) is 6.03 Å². The maximum absolute atomic E-state index is 10.7. The molecule has 78 valence electrons. The summed E-state index contributed by atoms with van der Waals surface area (Å²) in [6.45, 7) is 7.48. The van der Waals surface area contributed by atoms with Gasteiger partial charge in [0.25, 0.3) is 0 Å². The normalized spacial score (nSPS) is 11.1. The van der Waals surface area contributed by atoms with Crippen LogP contribution in [0.4, 0.5) is 4.79 Å². The third-order valence-electron chi connectivity index (χ3n) is 1.87. The first-order chi connectivity index (χ1) is 5.95. The second kappa shape index (κ2) is 5.84. The zero-order valence-electron chi connectivity index (χ0n) is 9.24. The third kappa shape index (κ3) is 9.18. The van der Waals surface area contributed by atoms with Crippen molar-refractivity contribution in [3.63, 3.8) is 0 Å². The van der Waals surface area contributed by atoms with Crippen LogP contribution in [0.25, 0.3) is 0 Å². The molecule has 0 aromatic rings. The van der Waals surface area contributed by atoms with Crippen molar-refractivity contribution >= 4 is 6.03 Å². The predicted octanol–water partition coefficient (Wildman–Crippen LogP) is 2.13. The highest BCUT2D eigenvalue weighted by Gasteiger charge is 2.08. The van der Waals surface area contributed by atoms with Gasteiger partial charge in [-0.1, -0.05) is 27.2 Å². The fourth-order valence-corrected chi connectivity index (χ4v) is 1.07. The Kier molecular flexibility index (Phi) is 5.51. The minimum absolute atomic E-state index is 0.0873. The quantitative estimate of drug-likeness (QED) is 0.649. The first-order valence-electron chi connectivity index (χ1n) is 4.91. The zero-order chi connectivity index (χ0) is 10.3. The number of carbonyl (C=O) groups is 1. The summed E-state index contributed by atoms with van der Waals surface area (Å²) < 4.78 is 0. The topological polar surface area (TPSA) is 41.1 Å². The summed E-state index contributed by atoms with van der Waals surface area (Å²) in [5.74, 6) is 0. The summed E-state index contributed by atoms with van der Waals surface area (Å²) in [6, 6.07) is -0.0873. The molecule has 13 heavy (non-hydrogen) atoms. The van der Waals surface area contributed by atoms with Crippen molar-refractivity contribution in [2.45, 2.75) is 40.0 Å². The summed E-state index contributed by atoms with van der Waals surface area (Å²) >= 11 is 0. The molecule has 0 fully saturated rings. The monoisotopic (exact) mass is 186 g/mol. The summed E-state index contributed by atoms with van der Waals surface area (Å²) in [5, 5.41) is 5.29. The average molecular weight is 186 g/mol. The predicted molar refractivity (Wildman–Crippen MR) is 55.8 cm³/mol. The van der Waals surface area contributed by atoms with E-state index in [2.05, 4.69) is 31.4 Å². The van der Waals surface area contributed by atoms with E-state index in [1.807, 2.05) is 0 Å². The van der Waals surface area contributed by atoms with Crippen molar-refractivity contribution in [3.8, 4) is 0 Å². The van der Waals surface area contributed by atoms with E-state index in [4.69, 9.17) is 0 Å². The van der Waals surface area contributed by atoms with Gasteiger partial charge >= 0.3 is 6.03 Å². The highest BCUT2D eigenvalue weighted by atomic mass is 16.2. The number of unbranched alkanes of at least 4 members (excludes halogenated alkanes) is 1. The van der Waals surface area contributed by atoms with Gasteiger partial charge in [0.15, 0.2) is 0 Å². The van der Waals surface area contributed by atoms with Gasteiger partial charge in [-0.15, -0.1) is 0 Å². The van der Waals surface area contributed by atoms with Gasteiger partial charge in [-0.2, -0.15) is 0 Å². The molecule has 0 atom stereocenters. The molecule has 0 bridgehead atoms. The Bertz CT molecular complexity index is 149. The van der Waals surface area contributed by atoms with Gasteiger partial charge in [0.1, 0.15) is 0 Å². The molecule has 0 radical (unpaired) electrons. The molecule has 0 aromatic heterocycles. The van der Waals surface area contributed by atoms with Crippen molar-refractivity contribution in [3.05, 3.63) is 0 Å². The molecular weight excluding hydrogens is 164 g/mol. The van der Waals surface area contributed by atoms with E-state index >= 15 is 0 Å². The lowest BCUT2D eigenvalue weighted by Gasteiger charge is -2.17. The Morgan fingerprint density at radius 3 is 2.31 bits per heavy atom. The Labute approximate surface area is 81.3 Å². The van der Waals surface area contributed by atoms with E-state index in [1.165, 1.54) is 12.8 Å². The maximum Gasteiger partial charge on any atom is 0.314 e. The molecule has 3 nitrogen and oxygen atoms in total. The Morgan fingerprint density at radius 1 is 1.23 bits per heavy atom. The molecule has 0 aromatic carbocycles. The summed E-state index contributed by atoms with van der Waals surface area (Å²) in [5.41, 5.74) is 0.410. The van der Waals surface area contributed by atoms with Gasteiger partial charge in [0.2, 0.25) is 0 Å². The lowest BCUT2D eigenvalue weighted by atomic mass is 9.90. The molecule has 3 heteroatoms. The third-order valence-corrected chi connectivity index (χ3v) is 1.87. The summed E-state index contributed by atoms with van der Waals surface area (Å²) in [6.07, 6.45) is 3.45. The Balaban J connectivity index is 3.22. The summed E-state index contributed by atoms with van der Waals surface area (Å²) in [4.78, 5) is 10.7. The lowest BCUT2D eigenvalue weighted by molar-refractivity contribution is 0.242. The first kappa shape index (κ1) is 12.3. The van der Waals surface area contributed by atoms with Crippen LogP contribution in [-0.2, 0) is 0 Å². The van der Waals surface area contributed by atoms with Crippen LogP contribution in [0.3, 0.4) is 0 Å². The number of hydrogen-bond donors (Lipinski definition) is 2. The number of carbonyl (C=O) groups excluding carboxylic acids is 1. The van der Waals surface area contributed by atoms with E-state index in [9.17, 15) is 4.79 Å². The van der Waals surface area contributed by atoms with Gasteiger partial charge in [0.05, 0.1) is 0 Å². The molecule has 0 aliphatic rings. The van der Waals surface area contributed by atoms with Crippen LogP contribution in [0.5, 0.6) is 0 Å². The molecule has 0 aliphatic heterocycles. The largest absolute Gasteiger partial charge is 0.341 e. The van der Waals surface area contributed by atoms with E-state index in [1.54, 1.807) is 7.05 Å². The molecule has 0 unspecified atom stereocenters. The van der Waals surface area contributed by atoms with Crippen molar-refractivity contribution < 1.29 is 4.79 Å². The number of rotatable bonds is 4. The molecular formula is C10H22N2O. The number of amides is 2. The van der Waals surface area contributed by atoms with Gasteiger partial charge < -0.3 is 10.6 Å². The van der Waals surface area contributed by atoms with Crippen LogP contribution in [-0.4, -0.2) is 19.6 Å². The Morgan fingerprint density at radius 2 is 1.85 bits per heavy atom. The van der Waals surface area contributed by atoms with E-state index < -0.39 is 0 Å². The molecule has 0 rings (SSSR count). The minimum Gasteiger partial charge on any atom is -0.341 e. The van der Waals surface area contributed by atoms with Crippen LogP contribution in [0.1, 0.15) is 40.0 Å². The molecule has 0 heterocycles. The van der Waals surface area contributed by atoms with Crippen LogP contribution in [0, 0.1) is 5.41 Å². The maximum atomic E-state index is 10.7. The molecule has 0 spiro atoms. The molecule has 2 amide bonds. The SMILES string of the molecule is CNC(=O)NCCCCC(C)(C)C. The van der Waals surface area contributed by atoms with Gasteiger partial charge in [-0.25, -0.2) is 4.79 Å². The molecule has 0 saturated carbocycles. The molecule has 0 aliphatic carbocycles. The first-order valence-corrected chi connectivity index (χ1v) is 4.91. The number of hydrogen-bond acceptors (Lipinski definition) is 1. The fraction of sp³-hybridized carbons (Fsp3) is 0.900. The minimum atomic E-state index is -0.0873. The standard InChI is InChI=1S/C10H22N2O/c1-10(2,3)7-5-6-8-12-9(13)11-4/h5-8H2,1-4H3,(H2,11,12,13). The average Bonchev–Trinajstić information content (AvgIpc) is 2.01. The van der Waals surface area contributed by atoms with Crippen molar-refractivity contribution in [1.82, 2.24) is 10.6 Å².